The average Bonchev–Trinajstić information content (AvgIpc) is 2.49. The summed E-state index contributed by atoms with van der Waals surface area (Å²) in [4.78, 5) is 12.3. The van der Waals surface area contributed by atoms with E-state index in [0.717, 1.165) is 11.3 Å². The van der Waals surface area contributed by atoms with Crippen LogP contribution < -0.4 is 10.1 Å². The third-order valence-corrected chi connectivity index (χ3v) is 3.59. The molecule has 0 aliphatic carbocycles. The number of hydrogen-bond acceptors (Lipinski definition) is 2. The van der Waals surface area contributed by atoms with Gasteiger partial charge >= 0.3 is 0 Å². The van der Waals surface area contributed by atoms with Gasteiger partial charge in [0.2, 0.25) is 0 Å². The van der Waals surface area contributed by atoms with E-state index in [1.54, 1.807) is 31.2 Å². The maximum Gasteiger partial charge on any atom is 0.265 e. The van der Waals surface area contributed by atoms with Gasteiger partial charge in [0.1, 0.15) is 5.75 Å². The second kappa shape index (κ2) is 7.32. The van der Waals surface area contributed by atoms with Crippen molar-refractivity contribution >= 4 is 23.2 Å². The van der Waals surface area contributed by atoms with Gasteiger partial charge in [-0.15, -0.1) is 0 Å². The van der Waals surface area contributed by atoms with E-state index in [9.17, 15) is 4.79 Å². The molecule has 2 aromatic rings. The third-order valence-electron chi connectivity index (χ3n) is 3.34. The molecule has 116 valence electrons. The molecule has 2 aromatic carbocycles. The van der Waals surface area contributed by atoms with Crippen molar-refractivity contribution in [3.63, 3.8) is 0 Å². The van der Waals surface area contributed by atoms with Gasteiger partial charge < -0.3 is 10.1 Å². The molecule has 0 fully saturated rings. The summed E-state index contributed by atoms with van der Waals surface area (Å²) in [6.07, 6.45) is -0.596. The molecule has 0 bridgehead atoms. The number of benzene rings is 2. The molecule has 0 radical (unpaired) electrons. The summed E-state index contributed by atoms with van der Waals surface area (Å²) >= 11 is 5.83. The molecule has 1 atom stereocenters. The van der Waals surface area contributed by atoms with Crippen LogP contribution in [0.4, 0.5) is 5.69 Å². The van der Waals surface area contributed by atoms with Crippen molar-refractivity contribution in [1.29, 1.82) is 0 Å². The van der Waals surface area contributed by atoms with Gasteiger partial charge in [-0.3, -0.25) is 4.79 Å². The fourth-order valence-electron chi connectivity index (χ4n) is 2.12. The van der Waals surface area contributed by atoms with Gasteiger partial charge in [0, 0.05) is 10.7 Å². The van der Waals surface area contributed by atoms with E-state index in [2.05, 4.69) is 19.2 Å². The molecule has 4 heteroatoms. The number of nitrogens with one attached hydrogen (secondary N) is 1. The summed E-state index contributed by atoms with van der Waals surface area (Å²) in [5.41, 5.74) is 1.93. The lowest BCUT2D eigenvalue weighted by Gasteiger charge is -2.17. The number of hydrogen-bond donors (Lipinski definition) is 1. The Kier molecular flexibility index (Phi) is 5.45. The fourth-order valence-corrected chi connectivity index (χ4v) is 2.25. The molecule has 22 heavy (non-hydrogen) atoms. The van der Waals surface area contributed by atoms with Crippen molar-refractivity contribution in [3.8, 4) is 5.75 Å². The van der Waals surface area contributed by atoms with Gasteiger partial charge in [0.25, 0.3) is 5.91 Å². The van der Waals surface area contributed by atoms with E-state index in [-0.39, 0.29) is 5.91 Å². The zero-order valence-electron chi connectivity index (χ0n) is 13.0. The smallest absolute Gasteiger partial charge is 0.265 e. The summed E-state index contributed by atoms with van der Waals surface area (Å²) < 4.78 is 5.63. The Morgan fingerprint density at radius 2 is 1.68 bits per heavy atom. The predicted molar refractivity (Wildman–Crippen MR) is 90.7 cm³/mol. The molecule has 0 saturated carbocycles. The highest BCUT2D eigenvalue weighted by Gasteiger charge is 2.16. The van der Waals surface area contributed by atoms with Crippen LogP contribution in [0.5, 0.6) is 5.75 Å². The topological polar surface area (TPSA) is 38.3 Å². The average molecular weight is 318 g/mol. The molecule has 0 spiro atoms. The van der Waals surface area contributed by atoms with Crippen molar-refractivity contribution in [1.82, 2.24) is 0 Å². The zero-order valence-corrected chi connectivity index (χ0v) is 13.7. The van der Waals surface area contributed by atoms with Crippen LogP contribution in [0, 0.1) is 0 Å². The molecule has 3 nitrogen and oxygen atoms in total. The van der Waals surface area contributed by atoms with Crippen LogP contribution >= 0.6 is 11.6 Å². The minimum atomic E-state index is -0.596. The molecule has 0 aliphatic rings. The minimum absolute atomic E-state index is 0.178. The number of anilines is 1. The van der Waals surface area contributed by atoms with E-state index < -0.39 is 6.10 Å². The number of carbonyl (C=O) groups excluding carboxylic acids is 1. The second-order valence-corrected chi connectivity index (χ2v) is 5.88. The van der Waals surface area contributed by atoms with Crippen LogP contribution in [0.25, 0.3) is 0 Å². The maximum atomic E-state index is 12.3. The first-order chi connectivity index (χ1) is 10.5. The van der Waals surface area contributed by atoms with Crippen LogP contribution in [-0.4, -0.2) is 12.0 Å². The lowest BCUT2D eigenvalue weighted by molar-refractivity contribution is -0.122. The third kappa shape index (κ3) is 4.25. The van der Waals surface area contributed by atoms with Crippen molar-refractivity contribution < 1.29 is 9.53 Å². The Labute approximate surface area is 136 Å². The van der Waals surface area contributed by atoms with Gasteiger partial charge in [-0.1, -0.05) is 43.6 Å². The number of halogens is 1. The first-order valence-electron chi connectivity index (χ1n) is 7.29. The molecule has 1 unspecified atom stereocenters. The monoisotopic (exact) mass is 317 g/mol. The molecule has 0 heterocycles. The number of rotatable bonds is 5. The zero-order chi connectivity index (χ0) is 16.1. The first-order valence-corrected chi connectivity index (χ1v) is 7.67. The largest absolute Gasteiger partial charge is 0.481 e. The summed E-state index contributed by atoms with van der Waals surface area (Å²) in [5.74, 6) is 0.774. The van der Waals surface area contributed by atoms with Gasteiger partial charge in [0.05, 0.1) is 0 Å². The number of amides is 1. The fraction of sp³-hybridized carbons (Fsp3) is 0.278. The number of carbonyl (C=O) groups is 1. The lowest BCUT2D eigenvalue weighted by Crippen LogP contribution is -2.30. The Bertz CT molecular complexity index is 638. The summed E-state index contributed by atoms with van der Waals surface area (Å²) in [6.45, 7) is 5.92. The molecule has 0 aromatic heterocycles. The van der Waals surface area contributed by atoms with E-state index in [1.807, 2.05) is 24.3 Å². The highest BCUT2D eigenvalue weighted by atomic mass is 35.5. The van der Waals surface area contributed by atoms with E-state index in [4.69, 9.17) is 16.3 Å². The molecule has 1 N–H and O–H groups in total. The predicted octanol–water partition coefficient (Wildman–Crippen LogP) is 4.87. The van der Waals surface area contributed by atoms with Crippen LogP contribution in [0.2, 0.25) is 5.02 Å². The molecular weight excluding hydrogens is 298 g/mol. The van der Waals surface area contributed by atoms with Crippen molar-refractivity contribution in [2.24, 2.45) is 0 Å². The van der Waals surface area contributed by atoms with E-state index in [0.29, 0.717) is 16.7 Å². The van der Waals surface area contributed by atoms with Gasteiger partial charge in [-0.25, -0.2) is 0 Å². The second-order valence-electron chi connectivity index (χ2n) is 5.45. The highest BCUT2D eigenvalue weighted by Crippen LogP contribution is 2.24. The molecule has 1 amide bonds. The van der Waals surface area contributed by atoms with Gasteiger partial charge in [0.15, 0.2) is 6.10 Å². The van der Waals surface area contributed by atoms with Crippen LogP contribution in [0.15, 0.2) is 48.5 Å². The lowest BCUT2D eigenvalue weighted by atomic mass is 10.0. The highest BCUT2D eigenvalue weighted by molar-refractivity contribution is 6.30. The molecule has 0 saturated heterocycles. The van der Waals surface area contributed by atoms with Crippen LogP contribution in [0.3, 0.4) is 0 Å². The maximum absolute atomic E-state index is 12.3. The van der Waals surface area contributed by atoms with Crippen molar-refractivity contribution in [3.05, 3.63) is 59.1 Å². The van der Waals surface area contributed by atoms with Crippen molar-refractivity contribution in [2.45, 2.75) is 32.8 Å². The molecule has 0 aliphatic heterocycles. The molecular formula is C18H20ClNO2. The summed E-state index contributed by atoms with van der Waals surface area (Å²) in [6, 6.07) is 14.8. The van der Waals surface area contributed by atoms with Gasteiger partial charge in [-0.2, -0.15) is 0 Å². The van der Waals surface area contributed by atoms with E-state index >= 15 is 0 Å². The first kappa shape index (κ1) is 16.4. The Hall–Kier alpha value is -2.00. The van der Waals surface area contributed by atoms with E-state index in [1.165, 1.54) is 0 Å². The standard InChI is InChI=1S/C18H20ClNO2/c1-12(2)16-6-4-5-7-17(16)20-18(21)13(3)22-15-10-8-14(19)9-11-15/h4-13H,1-3H3,(H,20,21). The minimum Gasteiger partial charge on any atom is -0.481 e. The SMILES string of the molecule is CC(Oc1ccc(Cl)cc1)C(=O)Nc1ccccc1C(C)C. The number of ether oxygens (including phenoxy) is 1. The Morgan fingerprint density at radius 1 is 1.05 bits per heavy atom. The Balaban J connectivity index is 2.04. The number of para-hydroxylation sites is 1. The van der Waals surface area contributed by atoms with Crippen LogP contribution in [0.1, 0.15) is 32.3 Å². The quantitative estimate of drug-likeness (QED) is 0.854. The summed E-state index contributed by atoms with van der Waals surface area (Å²) in [7, 11) is 0. The van der Waals surface area contributed by atoms with Crippen LogP contribution in [-0.2, 0) is 4.79 Å². The molecule has 2 rings (SSSR count). The van der Waals surface area contributed by atoms with Crippen molar-refractivity contribution in [2.75, 3.05) is 5.32 Å². The Morgan fingerprint density at radius 3 is 2.32 bits per heavy atom. The normalized spacial score (nSPS) is 12.0. The van der Waals surface area contributed by atoms with Gasteiger partial charge in [-0.05, 0) is 48.7 Å². The summed E-state index contributed by atoms with van der Waals surface area (Å²) in [5, 5.41) is 3.57.